The summed E-state index contributed by atoms with van der Waals surface area (Å²) in [6, 6.07) is 7.96. The fourth-order valence-corrected chi connectivity index (χ4v) is 5.03. The number of carbonyl (C=O) groups is 1. The minimum Gasteiger partial charge on any atom is -0.497 e. The van der Waals surface area contributed by atoms with Gasteiger partial charge in [0, 0.05) is 17.6 Å². The topological polar surface area (TPSA) is 54.8 Å². The average Bonchev–Trinajstić information content (AvgIpc) is 3.32. The summed E-state index contributed by atoms with van der Waals surface area (Å²) in [5, 5.41) is 3.35. The zero-order valence-corrected chi connectivity index (χ0v) is 16.8. The molecule has 0 radical (unpaired) electrons. The van der Waals surface area contributed by atoms with Crippen molar-refractivity contribution < 1.29 is 9.53 Å². The van der Waals surface area contributed by atoms with E-state index < -0.39 is 0 Å². The first-order valence-electron chi connectivity index (χ1n) is 9.10. The van der Waals surface area contributed by atoms with Crippen LogP contribution in [-0.2, 0) is 4.79 Å². The number of rotatable bonds is 4. The van der Waals surface area contributed by atoms with Crippen molar-refractivity contribution in [3.63, 3.8) is 0 Å². The summed E-state index contributed by atoms with van der Waals surface area (Å²) in [5.74, 6) is 0.857. The summed E-state index contributed by atoms with van der Waals surface area (Å²) in [6.45, 7) is 0. The number of aromatic nitrogens is 1. The van der Waals surface area contributed by atoms with Gasteiger partial charge in [0.1, 0.15) is 5.75 Å². The zero-order valence-electron chi connectivity index (χ0n) is 15.1. The fourth-order valence-electron chi connectivity index (χ4n) is 3.43. The van der Waals surface area contributed by atoms with Gasteiger partial charge in [0.05, 0.1) is 12.0 Å². The van der Waals surface area contributed by atoms with Crippen LogP contribution in [0.3, 0.4) is 0 Å². The molecule has 2 aliphatic rings. The molecule has 1 amide bonds. The molecule has 4 rings (SSSR count). The lowest BCUT2D eigenvalue weighted by Crippen LogP contribution is -2.40. The Morgan fingerprint density at radius 1 is 1.22 bits per heavy atom. The van der Waals surface area contributed by atoms with Crippen molar-refractivity contribution in [3.05, 3.63) is 46.3 Å². The molecule has 140 valence electrons. The second-order valence-corrected chi connectivity index (χ2v) is 8.44. The number of thiazole rings is 1. The summed E-state index contributed by atoms with van der Waals surface area (Å²) in [6.07, 6.45) is 9.34. The molecule has 1 saturated carbocycles. The van der Waals surface area contributed by atoms with Crippen LogP contribution in [0.1, 0.15) is 37.7 Å². The van der Waals surface area contributed by atoms with Gasteiger partial charge in [0.2, 0.25) is 5.13 Å². The van der Waals surface area contributed by atoms with Crippen LogP contribution in [0, 0.1) is 0 Å². The second kappa shape index (κ2) is 8.27. The highest BCUT2D eigenvalue weighted by Gasteiger charge is 2.38. The molecule has 0 atom stereocenters. The molecule has 1 saturated heterocycles. The Bertz CT molecular complexity index is 854. The number of thioether (sulfide) groups is 1. The van der Waals surface area contributed by atoms with E-state index in [0.29, 0.717) is 10.0 Å². The molecule has 2 aromatic rings. The number of amidine groups is 1. The lowest BCUT2D eigenvalue weighted by molar-refractivity contribution is -0.124. The van der Waals surface area contributed by atoms with E-state index in [9.17, 15) is 4.79 Å². The molecule has 7 heteroatoms. The molecule has 0 N–H and O–H groups in total. The van der Waals surface area contributed by atoms with Crippen molar-refractivity contribution in [1.29, 1.82) is 0 Å². The number of nitrogens with zero attached hydrogens (tertiary/aromatic N) is 3. The van der Waals surface area contributed by atoms with E-state index >= 15 is 0 Å². The van der Waals surface area contributed by atoms with E-state index in [1.807, 2.05) is 40.6 Å². The molecular weight excluding hydrogens is 378 g/mol. The van der Waals surface area contributed by atoms with Crippen molar-refractivity contribution in [2.45, 2.75) is 38.1 Å². The van der Waals surface area contributed by atoms with Gasteiger partial charge in [-0.25, -0.2) is 4.98 Å². The highest BCUT2D eigenvalue weighted by atomic mass is 32.2. The molecule has 5 nitrogen and oxygen atoms in total. The van der Waals surface area contributed by atoms with E-state index in [1.54, 1.807) is 13.3 Å². The van der Waals surface area contributed by atoms with Crippen LogP contribution < -0.4 is 4.74 Å². The Balaban J connectivity index is 1.65. The standard InChI is InChI=1S/C20H21N3O2S2/c1-25-16-9-7-14(8-10-16)13-17-18(24)23(15-5-3-2-4-6-15)20(27-17)22-19-21-11-12-26-19/h7-13,15H,2-6H2,1H3/b17-13-,22-20+. The average molecular weight is 400 g/mol. The highest BCUT2D eigenvalue weighted by Crippen LogP contribution is 2.38. The molecule has 0 unspecified atom stereocenters. The number of amides is 1. The Kier molecular flexibility index (Phi) is 5.59. The molecular formula is C20H21N3O2S2. The lowest BCUT2D eigenvalue weighted by Gasteiger charge is -2.30. The van der Waals surface area contributed by atoms with Gasteiger partial charge >= 0.3 is 0 Å². The predicted octanol–water partition coefficient (Wildman–Crippen LogP) is 5.09. The maximum atomic E-state index is 13.2. The van der Waals surface area contributed by atoms with Crippen molar-refractivity contribution in [1.82, 2.24) is 9.88 Å². The third kappa shape index (κ3) is 4.09. The third-order valence-corrected chi connectivity index (χ3v) is 6.45. The summed E-state index contributed by atoms with van der Waals surface area (Å²) in [7, 11) is 1.65. The smallest absolute Gasteiger partial charge is 0.267 e. The van der Waals surface area contributed by atoms with Gasteiger partial charge in [-0.2, -0.15) is 4.99 Å². The van der Waals surface area contributed by atoms with Crippen LogP contribution in [-0.4, -0.2) is 34.1 Å². The van der Waals surface area contributed by atoms with Crippen LogP contribution in [0.25, 0.3) is 6.08 Å². The predicted molar refractivity (Wildman–Crippen MR) is 111 cm³/mol. The van der Waals surface area contributed by atoms with E-state index in [4.69, 9.17) is 4.74 Å². The first kappa shape index (κ1) is 18.3. The van der Waals surface area contributed by atoms with Gasteiger partial charge in [-0.3, -0.25) is 9.69 Å². The van der Waals surface area contributed by atoms with Crippen LogP contribution in [0.5, 0.6) is 5.75 Å². The largest absolute Gasteiger partial charge is 0.497 e. The number of ether oxygens (including phenoxy) is 1. The van der Waals surface area contributed by atoms with Crippen molar-refractivity contribution in [2.75, 3.05) is 7.11 Å². The number of carbonyl (C=O) groups excluding carboxylic acids is 1. The SMILES string of the molecule is COc1ccc(/C=C2\S/C(=N/c3nccs3)N(C3CCCCC3)C2=O)cc1. The minimum absolute atomic E-state index is 0.0537. The van der Waals surface area contributed by atoms with E-state index in [0.717, 1.165) is 29.3 Å². The zero-order chi connectivity index (χ0) is 18.6. The summed E-state index contributed by atoms with van der Waals surface area (Å²) < 4.78 is 5.21. The van der Waals surface area contributed by atoms with Crippen LogP contribution >= 0.6 is 23.1 Å². The van der Waals surface area contributed by atoms with Crippen LogP contribution in [0.4, 0.5) is 5.13 Å². The lowest BCUT2D eigenvalue weighted by atomic mass is 9.94. The Hall–Kier alpha value is -2.12. The van der Waals surface area contributed by atoms with Gasteiger partial charge in [-0.1, -0.05) is 31.4 Å². The van der Waals surface area contributed by atoms with Gasteiger partial charge < -0.3 is 4.74 Å². The summed E-state index contributed by atoms with van der Waals surface area (Å²) in [4.78, 5) is 24.7. The first-order valence-corrected chi connectivity index (χ1v) is 10.8. The number of benzene rings is 1. The third-order valence-electron chi connectivity index (χ3n) is 4.80. The molecule has 2 heterocycles. The molecule has 0 spiro atoms. The van der Waals surface area contributed by atoms with Gasteiger partial charge in [-0.15, -0.1) is 11.3 Å². The molecule has 1 aliphatic heterocycles. The number of hydrogen-bond acceptors (Lipinski definition) is 6. The normalized spacial score (nSPS) is 21.4. The van der Waals surface area contributed by atoms with Gasteiger partial charge in [0.15, 0.2) is 5.17 Å². The molecule has 1 aromatic carbocycles. The van der Waals surface area contributed by atoms with Gasteiger partial charge in [0.25, 0.3) is 5.91 Å². The maximum Gasteiger partial charge on any atom is 0.267 e. The quantitative estimate of drug-likeness (QED) is 0.672. The Morgan fingerprint density at radius 2 is 2.00 bits per heavy atom. The molecule has 1 aromatic heterocycles. The summed E-state index contributed by atoms with van der Waals surface area (Å²) >= 11 is 2.93. The number of aliphatic imine (C=N–C) groups is 1. The molecule has 27 heavy (non-hydrogen) atoms. The van der Waals surface area contributed by atoms with Crippen molar-refractivity contribution in [3.8, 4) is 5.75 Å². The number of methoxy groups -OCH3 is 1. The van der Waals surface area contributed by atoms with E-state index in [1.165, 1.54) is 42.4 Å². The Labute approximate surface area is 167 Å². The highest BCUT2D eigenvalue weighted by molar-refractivity contribution is 8.18. The first-order chi connectivity index (χ1) is 13.2. The number of hydrogen-bond donors (Lipinski definition) is 0. The van der Waals surface area contributed by atoms with E-state index in [-0.39, 0.29) is 11.9 Å². The van der Waals surface area contributed by atoms with Crippen molar-refractivity contribution in [2.24, 2.45) is 4.99 Å². The van der Waals surface area contributed by atoms with Crippen molar-refractivity contribution >= 4 is 45.4 Å². The fraction of sp³-hybridized carbons (Fsp3) is 0.350. The second-order valence-electron chi connectivity index (χ2n) is 6.56. The maximum absolute atomic E-state index is 13.2. The summed E-state index contributed by atoms with van der Waals surface area (Å²) in [5.41, 5.74) is 0.978. The van der Waals surface area contributed by atoms with Gasteiger partial charge in [-0.05, 0) is 48.4 Å². The minimum atomic E-state index is 0.0537. The monoisotopic (exact) mass is 399 g/mol. The van der Waals surface area contributed by atoms with Crippen LogP contribution in [0.2, 0.25) is 0 Å². The van der Waals surface area contributed by atoms with E-state index in [2.05, 4.69) is 9.98 Å². The molecule has 1 aliphatic carbocycles. The Morgan fingerprint density at radius 3 is 2.67 bits per heavy atom. The van der Waals surface area contributed by atoms with Crippen LogP contribution in [0.15, 0.2) is 45.7 Å². The molecule has 0 bridgehead atoms. The molecule has 2 fully saturated rings.